The second-order valence-electron chi connectivity index (χ2n) is 4.83. The summed E-state index contributed by atoms with van der Waals surface area (Å²) in [4.78, 5) is 11.6. The van der Waals surface area contributed by atoms with E-state index in [1.54, 1.807) is 12.1 Å². The lowest BCUT2D eigenvalue weighted by atomic mass is 10.1. The van der Waals surface area contributed by atoms with E-state index >= 15 is 0 Å². The Balaban J connectivity index is 1.78. The molecule has 0 unspecified atom stereocenters. The minimum absolute atomic E-state index is 0.0932. The van der Waals surface area contributed by atoms with Crippen LogP contribution in [-0.4, -0.2) is 20.9 Å². The molecule has 1 N–H and O–H groups in total. The van der Waals surface area contributed by atoms with Crippen LogP contribution in [0.4, 0.5) is 0 Å². The average Bonchev–Trinajstić information content (AvgIpc) is 3.12. The van der Waals surface area contributed by atoms with Gasteiger partial charge in [-0.05, 0) is 42.9 Å². The van der Waals surface area contributed by atoms with Crippen molar-refractivity contribution in [3.63, 3.8) is 0 Å². The van der Waals surface area contributed by atoms with Crippen LogP contribution in [0.1, 0.15) is 24.8 Å². The summed E-state index contributed by atoms with van der Waals surface area (Å²) in [6.07, 6.45) is 3.64. The fraction of sp³-hybridized carbons (Fsp3) is 0.462. The zero-order valence-corrected chi connectivity index (χ0v) is 12.0. The Bertz CT molecular complexity index is 550. The second kappa shape index (κ2) is 5.92. The molecule has 0 aliphatic heterocycles. The van der Waals surface area contributed by atoms with Crippen LogP contribution < -0.4 is 5.32 Å². The first-order chi connectivity index (χ1) is 8.95. The van der Waals surface area contributed by atoms with Crippen LogP contribution in [0.2, 0.25) is 0 Å². The summed E-state index contributed by atoms with van der Waals surface area (Å²) in [5, 5.41) is 2.86. The van der Waals surface area contributed by atoms with Crippen molar-refractivity contribution in [3.8, 4) is 0 Å². The summed E-state index contributed by atoms with van der Waals surface area (Å²) in [7, 11) is 1.57. The minimum atomic E-state index is -3.66. The normalized spacial score (nSPS) is 15.2. The lowest BCUT2D eigenvalue weighted by Crippen LogP contribution is -2.25. The predicted octanol–water partition coefficient (Wildman–Crippen LogP) is 2.07. The number of rotatable bonds is 6. The maximum absolute atomic E-state index is 11.5. The molecule has 0 aromatic heterocycles. The number of halogens is 1. The fourth-order valence-electron chi connectivity index (χ4n) is 1.82. The van der Waals surface area contributed by atoms with Gasteiger partial charge in [-0.2, -0.15) is 0 Å². The van der Waals surface area contributed by atoms with Crippen molar-refractivity contribution in [1.29, 1.82) is 0 Å². The summed E-state index contributed by atoms with van der Waals surface area (Å²) in [6.45, 7) is 0.568. The third kappa shape index (κ3) is 4.84. The SMILES string of the molecule is O=C(CC1CC1)NCCc1ccc(S(=O)(=O)Cl)cc1. The van der Waals surface area contributed by atoms with E-state index in [0.29, 0.717) is 25.3 Å². The summed E-state index contributed by atoms with van der Waals surface area (Å²) in [5.74, 6) is 0.690. The first-order valence-corrected chi connectivity index (χ1v) is 8.56. The molecule has 19 heavy (non-hydrogen) atoms. The highest BCUT2D eigenvalue weighted by atomic mass is 35.7. The molecule has 0 radical (unpaired) electrons. The number of amides is 1. The van der Waals surface area contributed by atoms with E-state index in [1.807, 2.05) is 0 Å². The number of carbonyl (C=O) groups is 1. The van der Waals surface area contributed by atoms with Crippen LogP contribution in [0.15, 0.2) is 29.2 Å². The summed E-state index contributed by atoms with van der Waals surface area (Å²) in [5.41, 5.74) is 0.968. The second-order valence-corrected chi connectivity index (χ2v) is 7.40. The average molecular weight is 302 g/mol. The summed E-state index contributed by atoms with van der Waals surface area (Å²) >= 11 is 0. The number of benzene rings is 1. The van der Waals surface area contributed by atoms with Crippen molar-refractivity contribution >= 4 is 25.6 Å². The molecule has 0 saturated heterocycles. The van der Waals surface area contributed by atoms with Crippen LogP contribution in [0.5, 0.6) is 0 Å². The van der Waals surface area contributed by atoms with Crippen molar-refractivity contribution in [2.75, 3.05) is 6.54 Å². The molecule has 1 fully saturated rings. The smallest absolute Gasteiger partial charge is 0.261 e. The maximum Gasteiger partial charge on any atom is 0.261 e. The predicted molar refractivity (Wildman–Crippen MR) is 73.5 cm³/mol. The van der Waals surface area contributed by atoms with E-state index in [1.165, 1.54) is 25.0 Å². The lowest BCUT2D eigenvalue weighted by molar-refractivity contribution is -0.121. The van der Waals surface area contributed by atoms with Crippen molar-refractivity contribution in [2.24, 2.45) is 5.92 Å². The van der Waals surface area contributed by atoms with Gasteiger partial charge in [0.2, 0.25) is 5.91 Å². The van der Waals surface area contributed by atoms with Gasteiger partial charge in [0.25, 0.3) is 9.05 Å². The summed E-state index contributed by atoms with van der Waals surface area (Å²) in [6, 6.07) is 6.37. The van der Waals surface area contributed by atoms with E-state index in [-0.39, 0.29) is 10.8 Å². The molecule has 6 heteroatoms. The molecule has 0 heterocycles. The Labute approximate surface area is 117 Å². The minimum Gasteiger partial charge on any atom is -0.356 e. The molecular formula is C13H16ClNO3S. The summed E-state index contributed by atoms with van der Waals surface area (Å²) < 4.78 is 22.1. The van der Waals surface area contributed by atoms with Gasteiger partial charge in [-0.15, -0.1) is 0 Å². The Morgan fingerprint density at radius 3 is 2.42 bits per heavy atom. The zero-order valence-electron chi connectivity index (χ0n) is 10.4. The first kappa shape index (κ1) is 14.3. The molecule has 2 rings (SSSR count). The highest BCUT2D eigenvalue weighted by Gasteiger charge is 2.23. The number of nitrogens with one attached hydrogen (secondary N) is 1. The van der Waals surface area contributed by atoms with Crippen LogP contribution >= 0.6 is 10.7 Å². The van der Waals surface area contributed by atoms with Gasteiger partial charge in [0, 0.05) is 23.6 Å². The quantitative estimate of drug-likeness (QED) is 0.818. The zero-order chi connectivity index (χ0) is 13.9. The van der Waals surface area contributed by atoms with Gasteiger partial charge < -0.3 is 5.32 Å². The van der Waals surface area contributed by atoms with Crippen molar-refractivity contribution < 1.29 is 13.2 Å². The first-order valence-electron chi connectivity index (χ1n) is 6.25. The van der Waals surface area contributed by atoms with Crippen LogP contribution in [-0.2, 0) is 20.3 Å². The van der Waals surface area contributed by atoms with Crippen molar-refractivity contribution in [2.45, 2.75) is 30.6 Å². The van der Waals surface area contributed by atoms with Gasteiger partial charge in [-0.3, -0.25) is 4.79 Å². The molecule has 1 aromatic rings. The van der Waals surface area contributed by atoms with Gasteiger partial charge in [-0.1, -0.05) is 12.1 Å². The third-order valence-electron chi connectivity index (χ3n) is 3.11. The molecule has 1 aromatic carbocycles. The van der Waals surface area contributed by atoms with E-state index < -0.39 is 9.05 Å². The van der Waals surface area contributed by atoms with Gasteiger partial charge in [-0.25, -0.2) is 8.42 Å². The Hall–Kier alpha value is -1.07. The van der Waals surface area contributed by atoms with Crippen molar-refractivity contribution in [3.05, 3.63) is 29.8 Å². The van der Waals surface area contributed by atoms with Crippen molar-refractivity contribution in [1.82, 2.24) is 5.32 Å². The Morgan fingerprint density at radius 2 is 1.89 bits per heavy atom. The van der Waals surface area contributed by atoms with Gasteiger partial charge in [0.1, 0.15) is 0 Å². The molecule has 0 spiro atoms. The number of hydrogen-bond acceptors (Lipinski definition) is 3. The molecule has 1 aliphatic carbocycles. The van der Waals surface area contributed by atoms with Gasteiger partial charge >= 0.3 is 0 Å². The van der Waals surface area contributed by atoms with E-state index in [4.69, 9.17) is 10.7 Å². The lowest BCUT2D eigenvalue weighted by Gasteiger charge is -2.05. The molecular weight excluding hydrogens is 286 g/mol. The van der Waals surface area contributed by atoms with E-state index in [9.17, 15) is 13.2 Å². The molecule has 1 saturated carbocycles. The monoisotopic (exact) mass is 301 g/mol. The molecule has 1 aliphatic rings. The number of hydrogen-bond donors (Lipinski definition) is 1. The van der Waals surface area contributed by atoms with Gasteiger partial charge in [0.05, 0.1) is 4.90 Å². The highest BCUT2D eigenvalue weighted by molar-refractivity contribution is 8.13. The highest BCUT2D eigenvalue weighted by Crippen LogP contribution is 2.32. The topological polar surface area (TPSA) is 63.2 Å². The molecule has 0 bridgehead atoms. The fourth-order valence-corrected chi connectivity index (χ4v) is 2.59. The number of carbonyl (C=O) groups excluding carboxylic acids is 1. The Kier molecular flexibility index (Phi) is 4.47. The van der Waals surface area contributed by atoms with Crippen LogP contribution in [0.25, 0.3) is 0 Å². The molecule has 4 nitrogen and oxygen atoms in total. The third-order valence-corrected chi connectivity index (χ3v) is 4.48. The standard InChI is InChI=1S/C13H16ClNO3S/c14-19(17,18)12-5-3-10(4-6-12)7-8-15-13(16)9-11-1-2-11/h3-6,11H,1-2,7-9H2,(H,15,16). The van der Waals surface area contributed by atoms with E-state index in [0.717, 1.165) is 5.56 Å². The van der Waals surface area contributed by atoms with Crippen LogP contribution in [0.3, 0.4) is 0 Å². The van der Waals surface area contributed by atoms with E-state index in [2.05, 4.69) is 5.32 Å². The largest absolute Gasteiger partial charge is 0.356 e. The molecule has 104 valence electrons. The van der Waals surface area contributed by atoms with Crippen LogP contribution in [0, 0.1) is 5.92 Å². The molecule has 1 amide bonds. The maximum atomic E-state index is 11.5. The van der Waals surface area contributed by atoms with Gasteiger partial charge in [0.15, 0.2) is 0 Å². The Morgan fingerprint density at radius 1 is 1.26 bits per heavy atom. The molecule has 0 atom stereocenters.